The Kier molecular flexibility index (Phi) is 10.8. The second-order valence-corrected chi connectivity index (χ2v) is 10.1. The van der Waals surface area contributed by atoms with E-state index < -0.39 is 0 Å². The highest BCUT2D eigenvalue weighted by Gasteiger charge is 2.18. The van der Waals surface area contributed by atoms with Crippen molar-refractivity contribution in [3.63, 3.8) is 0 Å². The van der Waals surface area contributed by atoms with Crippen LogP contribution in [0.25, 0.3) is 5.69 Å². The summed E-state index contributed by atoms with van der Waals surface area (Å²) in [4.78, 5) is 12.4. The number of hydrogen-bond donors (Lipinski definition) is 1. The molecular formula is C26H32Cl2N4OS. The highest BCUT2D eigenvalue weighted by Crippen LogP contribution is 2.31. The average molecular weight is 520 g/mol. The fourth-order valence-corrected chi connectivity index (χ4v) is 5.19. The van der Waals surface area contributed by atoms with Crippen molar-refractivity contribution in [1.82, 2.24) is 20.1 Å². The van der Waals surface area contributed by atoms with Crippen molar-refractivity contribution >= 4 is 40.9 Å². The van der Waals surface area contributed by atoms with Crippen molar-refractivity contribution < 1.29 is 4.79 Å². The third-order valence-corrected chi connectivity index (χ3v) is 7.19. The lowest BCUT2D eigenvalue weighted by Gasteiger charge is -2.13. The van der Waals surface area contributed by atoms with Crippen LogP contribution in [0.15, 0.2) is 47.6 Å². The number of thioether (sulfide) groups is 1. The fraction of sp³-hybridized carbons (Fsp3) is 0.423. The topological polar surface area (TPSA) is 59.8 Å². The van der Waals surface area contributed by atoms with Crippen molar-refractivity contribution in [3.05, 3.63) is 69.5 Å². The zero-order chi connectivity index (χ0) is 24.3. The van der Waals surface area contributed by atoms with Crippen molar-refractivity contribution in [1.29, 1.82) is 0 Å². The highest BCUT2D eigenvalue weighted by atomic mass is 35.5. The number of aromatic nitrogens is 3. The summed E-state index contributed by atoms with van der Waals surface area (Å²) < 4.78 is 1.91. The smallest absolute Gasteiger partial charge is 0.220 e. The van der Waals surface area contributed by atoms with Gasteiger partial charge in [0.05, 0.1) is 17.3 Å². The first-order chi connectivity index (χ1) is 16.5. The Morgan fingerprint density at radius 2 is 1.79 bits per heavy atom. The zero-order valence-electron chi connectivity index (χ0n) is 19.8. The van der Waals surface area contributed by atoms with E-state index in [0.29, 0.717) is 27.4 Å². The van der Waals surface area contributed by atoms with E-state index in [9.17, 15) is 4.79 Å². The molecule has 0 saturated heterocycles. The van der Waals surface area contributed by atoms with Crippen LogP contribution in [-0.4, -0.2) is 20.7 Å². The second kappa shape index (κ2) is 13.8. The number of hydrogen-bond acceptors (Lipinski definition) is 4. The lowest BCUT2D eigenvalue weighted by Crippen LogP contribution is -2.24. The minimum atomic E-state index is 0.0290. The van der Waals surface area contributed by atoms with E-state index in [4.69, 9.17) is 23.2 Å². The molecule has 2 aromatic carbocycles. The summed E-state index contributed by atoms with van der Waals surface area (Å²) in [5, 5.41) is 13.6. The zero-order valence-corrected chi connectivity index (χ0v) is 22.1. The van der Waals surface area contributed by atoms with E-state index in [1.165, 1.54) is 36.8 Å². The van der Waals surface area contributed by atoms with Gasteiger partial charge in [0.2, 0.25) is 5.91 Å². The Morgan fingerprint density at radius 1 is 1.03 bits per heavy atom. The van der Waals surface area contributed by atoms with Crippen LogP contribution in [0.3, 0.4) is 0 Å². The molecule has 1 N–H and O–H groups in total. The van der Waals surface area contributed by atoms with Gasteiger partial charge in [0.25, 0.3) is 0 Å². The van der Waals surface area contributed by atoms with Gasteiger partial charge in [0, 0.05) is 17.2 Å². The minimum absolute atomic E-state index is 0.0290. The van der Waals surface area contributed by atoms with E-state index in [1.54, 1.807) is 23.9 Å². The third-order valence-electron chi connectivity index (χ3n) is 5.67. The van der Waals surface area contributed by atoms with Gasteiger partial charge in [-0.2, -0.15) is 0 Å². The Morgan fingerprint density at radius 3 is 2.56 bits per heavy atom. The van der Waals surface area contributed by atoms with Gasteiger partial charge in [-0.15, -0.1) is 10.2 Å². The first-order valence-corrected chi connectivity index (χ1v) is 13.6. The molecule has 0 aliphatic rings. The molecule has 0 radical (unpaired) electrons. The fourth-order valence-electron chi connectivity index (χ4n) is 3.66. The Hall–Kier alpha value is -2.02. The predicted octanol–water partition coefficient (Wildman–Crippen LogP) is 7.54. The van der Waals surface area contributed by atoms with Crippen LogP contribution in [0.2, 0.25) is 10.0 Å². The number of amides is 1. The monoisotopic (exact) mass is 518 g/mol. The number of aryl methyl sites for hydroxylation is 1. The standard InChI is InChI=1S/C26H32Cl2N4OS/c1-3-4-5-6-7-8-13-25(33)29-17-24-30-31-26(34-18-20-12-10-9-11-19(20)2)32(24)23-15-14-21(27)16-22(23)28/h9-12,14-16H,3-8,13,17-18H2,1-2H3,(H,29,33). The average Bonchev–Trinajstić information content (AvgIpc) is 3.22. The maximum Gasteiger partial charge on any atom is 0.220 e. The summed E-state index contributed by atoms with van der Waals surface area (Å²) in [5.41, 5.74) is 3.20. The van der Waals surface area contributed by atoms with Gasteiger partial charge in [-0.1, -0.05) is 98.3 Å². The molecular weight excluding hydrogens is 487 g/mol. The summed E-state index contributed by atoms with van der Waals surface area (Å²) in [6.45, 7) is 4.59. The summed E-state index contributed by atoms with van der Waals surface area (Å²) in [6.07, 6.45) is 7.44. The number of carbonyl (C=O) groups is 1. The molecule has 0 atom stereocenters. The number of nitrogens with zero attached hydrogens (tertiary/aromatic N) is 3. The predicted molar refractivity (Wildman–Crippen MR) is 142 cm³/mol. The van der Waals surface area contributed by atoms with Gasteiger partial charge >= 0.3 is 0 Å². The lowest BCUT2D eigenvalue weighted by molar-refractivity contribution is -0.121. The molecule has 1 heterocycles. The Bertz CT molecular complexity index is 1090. The van der Waals surface area contributed by atoms with Crippen LogP contribution < -0.4 is 5.32 Å². The van der Waals surface area contributed by atoms with Crippen LogP contribution in [0.5, 0.6) is 0 Å². The number of carbonyl (C=O) groups excluding carboxylic acids is 1. The van der Waals surface area contributed by atoms with Crippen LogP contribution >= 0.6 is 35.0 Å². The molecule has 0 spiro atoms. The van der Waals surface area contributed by atoms with Gasteiger partial charge in [-0.3, -0.25) is 9.36 Å². The lowest BCUT2D eigenvalue weighted by atomic mass is 10.1. The molecule has 34 heavy (non-hydrogen) atoms. The third kappa shape index (κ3) is 7.76. The normalized spacial score (nSPS) is 11.1. The highest BCUT2D eigenvalue weighted by molar-refractivity contribution is 7.98. The van der Waals surface area contributed by atoms with Crippen molar-refractivity contribution in [2.24, 2.45) is 0 Å². The van der Waals surface area contributed by atoms with E-state index in [-0.39, 0.29) is 12.5 Å². The molecule has 182 valence electrons. The van der Waals surface area contributed by atoms with Crippen LogP contribution in [-0.2, 0) is 17.1 Å². The molecule has 8 heteroatoms. The molecule has 5 nitrogen and oxygen atoms in total. The molecule has 0 aliphatic carbocycles. The second-order valence-electron chi connectivity index (χ2n) is 8.34. The van der Waals surface area contributed by atoms with Crippen molar-refractivity contribution in [2.75, 3.05) is 0 Å². The van der Waals surface area contributed by atoms with Crippen molar-refractivity contribution in [2.45, 2.75) is 76.2 Å². The maximum atomic E-state index is 12.4. The summed E-state index contributed by atoms with van der Waals surface area (Å²) >= 11 is 14.2. The number of benzene rings is 2. The number of unbranched alkanes of at least 4 members (excludes halogenated alkanes) is 5. The largest absolute Gasteiger partial charge is 0.349 e. The van der Waals surface area contributed by atoms with Crippen molar-refractivity contribution in [3.8, 4) is 5.69 Å². The van der Waals surface area contributed by atoms with Crippen LogP contribution in [0, 0.1) is 6.92 Å². The van der Waals surface area contributed by atoms with E-state index >= 15 is 0 Å². The molecule has 0 unspecified atom stereocenters. The van der Waals surface area contributed by atoms with Crippen LogP contribution in [0.4, 0.5) is 0 Å². The summed E-state index contributed by atoms with van der Waals surface area (Å²) in [5.74, 6) is 1.41. The number of halogens is 2. The van der Waals surface area contributed by atoms with Gasteiger partial charge < -0.3 is 5.32 Å². The minimum Gasteiger partial charge on any atom is -0.349 e. The maximum absolute atomic E-state index is 12.4. The van der Waals surface area contributed by atoms with E-state index in [0.717, 1.165) is 24.3 Å². The van der Waals surface area contributed by atoms with Gasteiger partial charge in [-0.05, 0) is 42.7 Å². The summed E-state index contributed by atoms with van der Waals surface area (Å²) in [7, 11) is 0. The number of rotatable bonds is 13. The van der Waals surface area contributed by atoms with Crippen LogP contribution in [0.1, 0.15) is 68.8 Å². The Balaban J connectivity index is 1.70. The molecule has 0 saturated carbocycles. The van der Waals surface area contributed by atoms with E-state index in [1.807, 2.05) is 22.8 Å². The molecule has 0 bridgehead atoms. The van der Waals surface area contributed by atoms with E-state index in [2.05, 4.69) is 41.5 Å². The first kappa shape index (κ1) is 26.6. The molecule has 3 rings (SSSR count). The van der Waals surface area contributed by atoms with Gasteiger partial charge in [0.15, 0.2) is 11.0 Å². The summed E-state index contributed by atoms with van der Waals surface area (Å²) in [6, 6.07) is 13.6. The molecule has 3 aromatic rings. The van der Waals surface area contributed by atoms with Gasteiger partial charge in [0.1, 0.15) is 0 Å². The quantitative estimate of drug-likeness (QED) is 0.187. The SMILES string of the molecule is CCCCCCCCC(=O)NCc1nnc(SCc2ccccc2C)n1-c1ccc(Cl)cc1Cl. The Labute approximate surface area is 216 Å². The molecule has 0 aliphatic heterocycles. The molecule has 1 amide bonds. The van der Waals surface area contributed by atoms with Gasteiger partial charge in [-0.25, -0.2) is 0 Å². The molecule has 1 aromatic heterocycles. The number of nitrogens with one attached hydrogen (secondary N) is 1. The molecule has 0 fully saturated rings. The first-order valence-electron chi connectivity index (χ1n) is 11.8.